The Morgan fingerprint density at radius 2 is 2.19 bits per heavy atom. The van der Waals surface area contributed by atoms with Crippen LogP contribution in [0.1, 0.15) is 24.2 Å². The van der Waals surface area contributed by atoms with E-state index in [0.29, 0.717) is 0 Å². The molecular formula is C17H22FN3O4S. The van der Waals surface area contributed by atoms with Crippen LogP contribution in [-0.4, -0.2) is 49.3 Å². The highest BCUT2D eigenvalue weighted by Gasteiger charge is 2.33. The van der Waals surface area contributed by atoms with Crippen LogP contribution < -0.4 is 4.74 Å². The number of nitrogens with zero attached hydrogens (tertiary/aromatic N) is 3. The van der Waals surface area contributed by atoms with Gasteiger partial charge in [0.1, 0.15) is 0 Å². The number of aryl methyl sites for hydroxylation is 1. The molecule has 1 atom stereocenters. The third kappa shape index (κ3) is 3.34. The van der Waals surface area contributed by atoms with Crippen molar-refractivity contribution in [1.29, 1.82) is 0 Å². The van der Waals surface area contributed by atoms with E-state index in [1.807, 2.05) is 13.1 Å². The molecule has 1 fully saturated rings. The molecule has 0 unspecified atom stereocenters. The molecule has 3 rings (SSSR count). The summed E-state index contributed by atoms with van der Waals surface area (Å²) >= 11 is 0. The number of benzene rings is 1. The lowest BCUT2D eigenvalue weighted by molar-refractivity contribution is -0.00261. The van der Waals surface area contributed by atoms with Crippen LogP contribution >= 0.6 is 0 Å². The maximum absolute atomic E-state index is 14.3. The number of ether oxygens (including phenoxy) is 2. The summed E-state index contributed by atoms with van der Waals surface area (Å²) in [5.74, 6) is -0.643. The molecule has 1 aliphatic rings. The molecule has 0 radical (unpaired) electrons. The highest BCUT2D eigenvalue weighted by atomic mass is 32.2. The van der Waals surface area contributed by atoms with Crippen molar-refractivity contribution >= 4 is 10.0 Å². The van der Waals surface area contributed by atoms with Gasteiger partial charge in [0.2, 0.25) is 10.0 Å². The summed E-state index contributed by atoms with van der Waals surface area (Å²) in [4.78, 5) is -0.0549. The Morgan fingerprint density at radius 3 is 2.85 bits per heavy atom. The second-order valence-electron chi connectivity index (χ2n) is 6.06. The zero-order valence-electron chi connectivity index (χ0n) is 15.0. The SMILES string of the molecule is CCn1cc([C@@H]2CN(S(=O)(=O)c3ccc(OC)c(F)c3C)CCO2)cn1. The van der Waals surface area contributed by atoms with Gasteiger partial charge in [-0.3, -0.25) is 4.68 Å². The fraction of sp³-hybridized carbons (Fsp3) is 0.471. The fourth-order valence-corrected chi connectivity index (χ4v) is 4.62. The Morgan fingerprint density at radius 1 is 1.42 bits per heavy atom. The average Bonchev–Trinajstić information content (AvgIpc) is 3.13. The summed E-state index contributed by atoms with van der Waals surface area (Å²) in [7, 11) is -2.51. The van der Waals surface area contributed by atoms with E-state index in [2.05, 4.69) is 5.10 Å². The summed E-state index contributed by atoms with van der Waals surface area (Å²) in [6, 6.07) is 2.71. The van der Waals surface area contributed by atoms with Crippen molar-refractivity contribution in [3.05, 3.63) is 41.5 Å². The lowest BCUT2D eigenvalue weighted by atomic mass is 10.2. The number of methoxy groups -OCH3 is 1. The molecule has 9 heteroatoms. The standard InChI is InChI=1S/C17H22FN3O4S/c1-4-20-10-13(9-19-20)15-11-21(7-8-25-15)26(22,23)16-6-5-14(24-3)17(18)12(16)2/h5-6,9-10,15H,4,7-8,11H2,1-3H3/t15-/m0/s1. The first kappa shape index (κ1) is 18.8. The van der Waals surface area contributed by atoms with Crippen LogP contribution in [0.15, 0.2) is 29.4 Å². The lowest BCUT2D eigenvalue weighted by Crippen LogP contribution is -2.42. The molecule has 7 nitrogen and oxygen atoms in total. The zero-order valence-corrected chi connectivity index (χ0v) is 15.8. The summed E-state index contributed by atoms with van der Waals surface area (Å²) in [5.41, 5.74) is 0.871. The van der Waals surface area contributed by atoms with Crippen molar-refractivity contribution in [3.8, 4) is 5.75 Å². The van der Waals surface area contributed by atoms with E-state index in [4.69, 9.17) is 9.47 Å². The van der Waals surface area contributed by atoms with Crippen molar-refractivity contribution in [1.82, 2.24) is 14.1 Å². The number of hydrogen-bond acceptors (Lipinski definition) is 5. The zero-order chi connectivity index (χ0) is 18.9. The van der Waals surface area contributed by atoms with E-state index < -0.39 is 21.9 Å². The second kappa shape index (κ2) is 7.34. The minimum absolute atomic E-state index is 0.0216. The van der Waals surface area contributed by atoms with Crippen molar-refractivity contribution < 1.29 is 22.3 Å². The molecule has 1 aromatic heterocycles. The van der Waals surface area contributed by atoms with Gasteiger partial charge in [0, 0.05) is 37.0 Å². The van der Waals surface area contributed by atoms with Crippen molar-refractivity contribution in [2.75, 3.05) is 26.8 Å². The van der Waals surface area contributed by atoms with Gasteiger partial charge in [0.05, 0.1) is 30.9 Å². The molecule has 0 saturated carbocycles. The molecule has 0 aliphatic carbocycles. The smallest absolute Gasteiger partial charge is 0.243 e. The summed E-state index contributed by atoms with van der Waals surface area (Å²) in [6.45, 7) is 4.76. The average molecular weight is 383 g/mol. The van der Waals surface area contributed by atoms with Crippen LogP contribution in [0.4, 0.5) is 4.39 Å². The molecule has 2 heterocycles. The third-order valence-corrected chi connectivity index (χ3v) is 6.53. The van der Waals surface area contributed by atoms with E-state index in [-0.39, 0.29) is 35.9 Å². The first-order valence-corrected chi connectivity index (χ1v) is 9.79. The number of sulfonamides is 1. The van der Waals surface area contributed by atoms with Gasteiger partial charge in [0.25, 0.3) is 0 Å². The van der Waals surface area contributed by atoms with Crippen LogP contribution in [0, 0.1) is 12.7 Å². The van der Waals surface area contributed by atoms with E-state index >= 15 is 0 Å². The van der Waals surface area contributed by atoms with Crippen molar-refractivity contribution in [2.45, 2.75) is 31.4 Å². The van der Waals surface area contributed by atoms with Gasteiger partial charge in [-0.15, -0.1) is 0 Å². The highest BCUT2D eigenvalue weighted by molar-refractivity contribution is 7.89. The molecule has 0 bridgehead atoms. The first-order valence-electron chi connectivity index (χ1n) is 8.35. The largest absolute Gasteiger partial charge is 0.494 e. The van der Waals surface area contributed by atoms with Crippen LogP contribution in [0.5, 0.6) is 5.75 Å². The molecule has 0 N–H and O–H groups in total. The molecule has 1 aliphatic heterocycles. The third-order valence-electron chi connectivity index (χ3n) is 4.52. The predicted molar refractivity (Wildman–Crippen MR) is 93.0 cm³/mol. The normalized spacial score (nSPS) is 18.8. The van der Waals surface area contributed by atoms with E-state index in [9.17, 15) is 12.8 Å². The topological polar surface area (TPSA) is 73.7 Å². The summed E-state index contributed by atoms with van der Waals surface area (Å²) in [6.07, 6.45) is 3.13. The predicted octanol–water partition coefficient (Wildman–Crippen LogP) is 2.12. The molecule has 142 valence electrons. The van der Waals surface area contributed by atoms with Gasteiger partial charge in [-0.2, -0.15) is 9.40 Å². The Bertz CT molecular complexity index is 897. The Balaban J connectivity index is 1.88. The maximum atomic E-state index is 14.3. The number of rotatable bonds is 5. The van der Waals surface area contributed by atoms with Crippen molar-refractivity contribution in [2.24, 2.45) is 0 Å². The van der Waals surface area contributed by atoms with Crippen LogP contribution in [0.3, 0.4) is 0 Å². The Hall–Kier alpha value is -1.97. The van der Waals surface area contributed by atoms with Gasteiger partial charge >= 0.3 is 0 Å². The minimum Gasteiger partial charge on any atom is -0.494 e. The second-order valence-corrected chi connectivity index (χ2v) is 7.96. The van der Waals surface area contributed by atoms with Gasteiger partial charge in [-0.1, -0.05) is 0 Å². The molecule has 0 spiro atoms. The van der Waals surface area contributed by atoms with Crippen LogP contribution in [-0.2, 0) is 21.3 Å². The van der Waals surface area contributed by atoms with Gasteiger partial charge in [-0.05, 0) is 26.0 Å². The number of morpholine rings is 1. The number of hydrogen-bond donors (Lipinski definition) is 0. The van der Waals surface area contributed by atoms with E-state index in [1.165, 1.54) is 30.5 Å². The Labute approximate surface area is 152 Å². The van der Waals surface area contributed by atoms with Crippen LogP contribution in [0.25, 0.3) is 0 Å². The van der Waals surface area contributed by atoms with Gasteiger partial charge in [-0.25, -0.2) is 12.8 Å². The highest BCUT2D eigenvalue weighted by Crippen LogP contribution is 2.31. The molecule has 0 amide bonds. The molecule has 1 aromatic carbocycles. The molecule has 2 aromatic rings. The maximum Gasteiger partial charge on any atom is 0.243 e. The summed E-state index contributed by atoms with van der Waals surface area (Å²) in [5, 5.41) is 4.21. The quantitative estimate of drug-likeness (QED) is 0.791. The van der Waals surface area contributed by atoms with E-state index in [1.54, 1.807) is 10.9 Å². The monoisotopic (exact) mass is 383 g/mol. The molecular weight excluding hydrogens is 361 g/mol. The van der Waals surface area contributed by atoms with Crippen LogP contribution in [0.2, 0.25) is 0 Å². The van der Waals surface area contributed by atoms with Crippen molar-refractivity contribution in [3.63, 3.8) is 0 Å². The number of aromatic nitrogens is 2. The van der Waals surface area contributed by atoms with Gasteiger partial charge < -0.3 is 9.47 Å². The van der Waals surface area contributed by atoms with E-state index in [0.717, 1.165) is 12.1 Å². The first-order chi connectivity index (χ1) is 12.4. The lowest BCUT2D eigenvalue weighted by Gasteiger charge is -2.32. The summed E-state index contributed by atoms with van der Waals surface area (Å²) < 4.78 is 54.1. The number of halogens is 1. The molecule has 1 saturated heterocycles. The fourth-order valence-electron chi connectivity index (χ4n) is 2.98. The minimum atomic E-state index is -3.85. The van der Waals surface area contributed by atoms with Gasteiger partial charge in [0.15, 0.2) is 11.6 Å². The Kier molecular flexibility index (Phi) is 5.31. The molecule has 26 heavy (non-hydrogen) atoms.